The van der Waals surface area contributed by atoms with Crippen molar-refractivity contribution in [1.29, 1.82) is 0 Å². The van der Waals surface area contributed by atoms with Crippen LogP contribution in [0.25, 0.3) is 0 Å². The fourth-order valence-electron chi connectivity index (χ4n) is 0.446. The number of carbonyl (C=O) groups is 2. The van der Waals surface area contributed by atoms with Crippen molar-refractivity contribution in [3.63, 3.8) is 0 Å². The molecule has 0 spiro atoms. The number of methoxy groups -OCH3 is 2. The van der Waals surface area contributed by atoms with Crippen LogP contribution in [0, 0.1) is 0 Å². The van der Waals surface area contributed by atoms with Gasteiger partial charge in [0.1, 0.15) is 5.70 Å². The number of hydrazine groups is 1. The molecular formula is C6H10N2O4. The van der Waals surface area contributed by atoms with E-state index >= 15 is 0 Å². The highest BCUT2D eigenvalue weighted by Crippen LogP contribution is 1.91. The molecule has 0 aliphatic carbocycles. The van der Waals surface area contributed by atoms with Gasteiger partial charge in [-0.2, -0.15) is 0 Å². The Hall–Kier alpha value is -1.56. The van der Waals surface area contributed by atoms with E-state index in [4.69, 9.17) is 5.84 Å². The van der Waals surface area contributed by atoms with Gasteiger partial charge in [-0.15, -0.1) is 0 Å². The summed E-state index contributed by atoms with van der Waals surface area (Å²) < 4.78 is 8.55. The Morgan fingerprint density at radius 1 is 1.33 bits per heavy atom. The zero-order chi connectivity index (χ0) is 9.56. The Labute approximate surface area is 69.3 Å². The minimum absolute atomic E-state index is 0.163. The molecule has 6 nitrogen and oxygen atoms in total. The van der Waals surface area contributed by atoms with E-state index in [0.717, 1.165) is 6.08 Å². The van der Waals surface area contributed by atoms with E-state index in [2.05, 4.69) is 9.47 Å². The molecule has 6 heteroatoms. The molecule has 0 aliphatic heterocycles. The molecule has 12 heavy (non-hydrogen) atoms. The average Bonchev–Trinajstić information content (AvgIpc) is 2.12. The van der Waals surface area contributed by atoms with E-state index in [1.807, 2.05) is 5.43 Å². The molecular weight excluding hydrogens is 164 g/mol. The van der Waals surface area contributed by atoms with Crippen LogP contribution in [0.4, 0.5) is 0 Å². The van der Waals surface area contributed by atoms with Gasteiger partial charge in [0.15, 0.2) is 0 Å². The van der Waals surface area contributed by atoms with Crippen molar-refractivity contribution in [1.82, 2.24) is 5.43 Å². The molecule has 3 N–H and O–H groups in total. The summed E-state index contributed by atoms with van der Waals surface area (Å²) in [4.78, 5) is 21.4. The monoisotopic (exact) mass is 174 g/mol. The summed E-state index contributed by atoms with van der Waals surface area (Å²) in [5, 5.41) is 0. The zero-order valence-electron chi connectivity index (χ0n) is 6.79. The number of esters is 2. The second kappa shape index (κ2) is 5.14. The van der Waals surface area contributed by atoms with Crippen LogP contribution in [0.2, 0.25) is 0 Å². The van der Waals surface area contributed by atoms with E-state index in [1.54, 1.807) is 0 Å². The Morgan fingerprint density at radius 3 is 2.25 bits per heavy atom. The summed E-state index contributed by atoms with van der Waals surface area (Å²) in [6, 6.07) is 0. The molecule has 0 aliphatic rings. The fraction of sp³-hybridized carbons (Fsp3) is 0.333. The van der Waals surface area contributed by atoms with Gasteiger partial charge >= 0.3 is 11.9 Å². The number of carbonyl (C=O) groups excluding carboxylic acids is 2. The summed E-state index contributed by atoms with van der Waals surface area (Å²) in [5.41, 5.74) is 1.84. The Kier molecular flexibility index (Phi) is 4.47. The van der Waals surface area contributed by atoms with Crippen molar-refractivity contribution in [3.8, 4) is 0 Å². The molecule has 0 amide bonds. The maximum absolute atomic E-state index is 10.8. The first-order chi connectivity index (χ1) is 5.65. The number of rotatable bonds is 3. The number of hydrogen-bond acceptors (Lipinski definition) is 6. The van der Waals surface area contributed by atoms with Crippen molar-refractivity contribution in [3.05, 3.63) is 11.8 Å². The number of nitrogens with two attached hydrogens (primary N) is 1. The summed E-state index contributed by atoms with van der Waals surface area (Å²) >= 11 is 0. The van der Waals surface area contributed by atoms with Crippen molar-refractivity contribution in [2.45, 2.75) is 0 Å². The second-order valence-corrected chi connectivity index (χ2v) is 1.72. The van der Waals surface area contributed by atoms with Gasteiger partial charge < -0.3 is 14.9 Å². The summed E-state index contributed by atoms with van der Waals surface area (Å²) in [5.74, 6) is 3.51. The lowest BCUT2D eigenvalue weighted by atomic mass is 10.4. The summed E-state index contributed by atoms with van der Waals surface area (Å²) in [6.07, 6.45) is 0.895. The standard InChI is InChI=1S/C6H10N2O4/c1-11-5(9)3-4(8-7)6(10)12-2/h3,8H,7H2,1-2H3/b4-3+. The minimum Gasteiger partial charge on any atom is -0.466 e. The number of ether oxygens (including phenoxy) is 2. The van der Waals surface area contributed by atoms with Crippen LogP contribution in [0.5, 0.6) is 0 Å². The SMILES string of the molecule is COC(=O)/C=C(/NN)C(=O)OC. The third-order valence-corrected chi connectivity index (χ3v) is 1.02. The van der Waals surface area contributed by atoms with Crippen molar-refractivity contribution >= 4 is 11.9 Å². The van der Waals surface area contributed by atoms with Crippen molar-refractivity contribution < 1.29 is 19.1 Å². The Bertz CT molecular complexity index is 212. The van der Waals surface area contributed by atoms with E-state index in [-0.39, 0.29) is 5.70 Å². The molecule has 0 bridgehead atoms. The second-order valence-electron chi connectivity index (χ2n) is 1.72. The van der Waals surface area contributed by atoms with Gasteiger partial charge in [0.2, 0.25) is 0 Å². The summed E-state index contributed by atoms with van der Waals surface area (Å²) in [6.45, 7) is 0. The smallest absolute Gasteiger partial charge is 0.355 e. The third-order valence-electron chi connectivity index (χ3n) is 1.02. The minimum atomic E-state index is -0.733. The van der Waals surface area contributed by atoms with E-state index in [9.17, 15) is 9.59 Å². The lowest BCUT2D eigenvalue weighted by molar-refractivity contribution is -0.138. The maximum Gasteiger partial charge on any atom is 0.355 e. The van der Waals surface area contributed by atoms with Crippen LogP contribution in [0.15, 0.2) is 11.8 Å². The molecule has 0 radical (unpaired) electrons. The van der Waals surface area contributed by atoms with Crippen LogP contribution < -0.4 is 11.3 Å². The molecule has 0 rings (SSSR count). The highest BCUT2D eigenvalue weighted by molar-refractivity contribution is 5.95. The lowest BCUT2D eigenvalue weighted by Gasteiger charge is -2.02. The molecule has 0 atom stereocenters. The molecule has 0 aromatic heterocycles. The molecule has 68 valence electrons. The van der Waals surface area contributed by atoms with Crippen LogP contribution in [-0.2, 0) is 19.1 Å². The molecule has 0 unspecified atom stereocenters. The van der Waals surface area contributed by atoms with Crippen molar-refractivity contribution in [2.75, 3.05) is 14.2 Å². The van der Waals surface area contributed by atoms with E-state index < -0.39 is 11.9 Å². The van der Waals surface area contributed by atoms with Gasteiger partial charge in [-0.3, -0.25) is 5.84 Å². The first-order valence-corrected chi connectivity index (χ1v) is 3.00. The van der Waals surface area contributed by atoms with Crippen molar-refractivity contribution in [2.24, 2.45) is 5.84 Å². The first kappa shape index (κ1) is 10.4. The third kappa shape index (κ3) is 3.02. The van der Waals surface area contributed by atoms with Crippen LogP contribution in [0.1, 0.15) is 0 Å². The highest BCUT2D eigenvalue weighted by Gasteiger charge is 2.09. The van der Waals surface area contributed by atoms with Gasteiger partial charge in [0.05, 0.1) is 20.3 Å². The normalized spacial score (nSPS) is 10.4. The first-order valence-electron chi connectivity index (χ1n) is 3.00. The largest absolute Gasteiger partial charge is 0.466 e. The molecule has 0 saturated heterocycles. The average molecular weight is 174 g/mol. The summed E-state index contributed by atoms with van der Waals surface area (Å²) in [7, 11) is 2.36. The molecule has 0 aromatic rings. The quantitative estimate of drug-likeness (QED) is 0.239. The van der Waals surface area contributed by atoms with E-state index in [1.165, 1.54) is 14.2 Å². The van der Waals surface area contributed by atoms with Gasteiger partial charge in [-0.25, -0.2) is 9.59 Å². The molecule has 0 heterocycles. The van der Waals surface area contributed by atoms with Gasteiger partial charge in [-0.1, -0.05) is 0 Å². The molecule has 0 aromatic carbocycles. The lowest BCUT2D eigenvalue weighted by Crippen LogP contribution is -2.28. The predicted molar refractivity (Wildman–Crippen MR) is 39.4 cm³/mol. The van der Waals surface area contributed by atoms with Gasteiger partial charge in [0, 0.05) is 0 Å². The topological polar surface area (TPSA) is 90.6 Å². The van der Waals surface area contributed by atoms with Crippen LogP contribution in [0.3, 0.4) is 0 Å². The van der Waals surface area contributed by atoms with Crippen LogP contribution >= 0.6 is 0 Å². The van der Waals surface area contributed by atoms with Crippen LogP contribution in [-0.4, -0.2) is 26.2 Å². The number of hydrogen-bond donors (Lipinski definition) is 2. The molecule has 0 saturated carbocycles. The van der Waals surface area contributed by atoms with Gasteiger partial charge in [0.25, 0.3) is 0 Å². The Morgan fingerprint density at radius 2 is 1.92 bits per heavy atom. The highest BCUT2D eigenvalue weighted by atomic mass is 16.5. The maximum atomic E-state index is 10.8. The zero-order valence-corrected chi connectivity index (χ0v) is 6.79. The molecule has 0 fully saturated rings. The van der Waals surface area contributed by atoms with Gasteiger partial charge in [-0.05, 0) is 0 Å². The Balaban J connectivity index is 4.43. The predicted octanol–water partition coefficient (Wildman–Crippen LogP) is -1.32. The van der Waals surface area contributed by atoms with E-state index in [0.29, 0.717) is 0 Å². The fourth-order valence-corrected chi connectivity index (χ4v) is 0.446. The number of nitrogens with one attached hydrogen (secondary N) is 1.